The number of carbonyl (C=O) groups is 5. The fraction of sp³-hybridized carbons (Fsp3) is 0.633. The molecule has 0 aromatic heterocycles. The molecule has 1 fully saturated rings. The van der Waals surface area contributed by atoms with Crippen molar-refractivity contribution in [1.29, 1.82) is 0 Å². The molecule has 1 saturated heterocycles. The third kappa shape index (κ3) is 10.3. The number of likely N-dealkylation sites (tertiary alicyclic amines) is 1. The Morgan fingerprint density at radius 3 is 2.38 bits per heavy atom. The minimum absolute atomic E-state index is 0.0744. The average molecular weight is 588 g/mol. The van der Waals surface area contributed by atoms with E-state index in [0.29, 0.717) is 31.8 Å². The van der Waals surface area contributed by atoms with Crippen molar-refractivity contribution in [1.82, 2.24) is 25.8 Å². The van der Waals surface area contributed by atoms with Crippen LogP contribution < -0.4 is 20.7 Å². The Morgan fingerprint density at radius 1 is 1.07 bits per heavy atom. The number of nitrogens with one attached hydrogen (secondary N) is 3. The van der Waals surface area contributed by atoms with Crippen molar-refractivity contribution < 1.29 is 33.4 Å². The highest BCUT2D eigenvalue weighted by Crippen LogP contribution is 2.19. The number of nitrogens with zero attached hydrogens (tertiary/aromatic N) is 2. The lowest BCUT2D eigenvalue weighted by Gasteiger charge is -2.35. The monoisotopic (exact) mass is 587 g/mol. The summed E-state index contributed by atoms with van der Waals surface area (Å²) < 4.78 is 10.8. The zero-order valence-corrected chi connectivity index (χ0v) is 25.1. The van der Waals surface area contributed by atoms with Crippen LogP contribution in [0.2, 0.25) is 0 Å². The third-order valence-corrected chi connectivity index (χ3v) is 7.48. The zero-order chi connectivity index (χ0) is 30.6. The van der Waals surface area contributed by atoms with Crippen LogP contribution in [0.25, 0.3) is 0 Å². The van der Waals surface area contributed by atoms with Crippen LogP contribution in [-0.4, -0.2) is 104 Å². The molecule has 2 atom stereocenters. The van der Waals surface area contributed by atoms with Crippen LogP contribution in [0.5, 0.6) is 5.75 Å². The van der Waals surface area contributed by atoms with Crippen LogP contribution >= 0.6 is 0 Å². The molecule has 4 rings (SSSR count). The summed E-state index contributed by atoms with van der Waals surface area (Å²) in [4.78, 5) is 67.8. The molecule has 0 aliphatic carbocycles. The molecule has 3 aliphatic heterocycles. The lowest BCUT2D eigenvalue weighted by atomic mass is 9.95. The van der Waals surface area contributed by atoms with Gasteiger partial charge in [0.25, 0.3) is 5.91 Å². The van der Waals surface area contributed by atoms with E-state index >= 15 is 0 Å². The van der Waals surface area contributed by atoms with E-state index in [4.69, 9.17) is 9.47 Å². The van der Waals surface area contributed by atoms with Crippen molar-refractivity contribution in [3.05, 3.63) is 29.8 Å². The van der Waals surface area contributed by atoms with Gasteiger partial charge < -0.3 is 35.2 Å². The summed E-state index contributed by atoms with van der Waals surface area (Å²) in [6, 6.07) is 5.36. The topological polar surface area (TPSA) is 146 Å². The van der Waals surface area contributed by atoms with Crippen molar-refractivity contribution >= 4 is 29.5 Å². The Morgan fingerprint density at radius 2 is 1.76 bits per heavy atom. The predicted octanol–water partition coefficient (Wildman–Crippen LogP) is 0.487. The molecule has 0 spiro atoms. The van der Waals surface area contributed by atoms with E-state index in [1.165, 1.54) is 18.9 Å². The van der Waals surface area contributed by atoms with Crippen molar-refractivity contribution in [3.63, 3.8) is 0 Å². The molecule has 232 valence electrons. The van der Waals surface area contributed by atoms with Gasteiger partial charge in [0.1, 0.15) is 17.8 Å². The molecule has 3 N–H and O–H groups in total. The molecule has 1 aromatic rings. The van der Waals surface area contributed by atoms with Gasteiger partial charge >= 0.3 is 0 Å². The van der Waals surface area contributed by atoms with Crippen molar-refractivity contribution in [3.8, 4) is 5.75 Å². The number of ether oxygens (including phenoxy) is 2. The predicted molar refractivity (Wildman–Crippen MR) is 155 cm³/mol. The summed E-state index contributed by atoms with van der Waals surface area (Å²) in [7, 11) is 1.50. The van der Waals surface area contributed by atoms with Crippen molar-refractivity contribution in [2.45, 2.75) is 58.5 Å². The highest BCUT2D eigenvalue weighted by Gasteiger charge is 2.32. The van der Waals surface area contributed by atoms with Gasteiger partial charge in [-0.25, -0.2) is 0 Å². The number of rotatable bonds is 8. The fourth-order valence-electron chi connectivity index (χ4n) is 5.20. The largest absolute Gasteiger partial charge is 0.484 e. The van der Waals surface area contributed by atoms with E-state index in [1.807, 2.05) is 13.8 Å². The number of amides is 5. The maximum Gasteiger partial charge on any atom is 0.258 e. The van der Waals surface area contributed by atoms with Gasteiger partial charge in [0.15, 0.2) is 6.61 Å². The van der Waals surface area contributed by atoms with Gasteiger partial charge in [-0.15, -0.1) is 0 Å². The van der Waals surface area contributed by atoms with E-state index in [-0.39, 0.29) is 56.4 Å². The van der Waals surface area contributed by atoms with Crippen LogP contribution in [0.15, 0.2) is 24.3 Å². The minimum atomic E-state index is -0.850. The first-order valence-electron chi connectivity index (χ1n) is 14.7. The lowest BCUT2D eigenvalue weighted by Crippen LogP contribution is -2.56. The summed E-state index contributed by atoms with van der Waals surface area (Å²) in [5.74, 6) is -0.714. The Labute approximate surface area is 247 Å². The Kier molecular flexibility index (Phi) is 12.6. The lowest BCUT2D eigenvalue weighted by molar-refractivity contribution is -0.142. The highest BCUT2D eigenvalue weighted by atomic mass is 16.5. The molecule has 5 amide bonds. The number of carbonyl (C=O) groups excluding carboxylic acids is 5. The molecular formula is C30H45N5O7. The molecule has 42 heavy (non-hydrogen) atoms. The molecule has 12 nitrogen and oxygen atoms in total. The minimum Gasteiger partial charge on any atom is -0.484 e. The Bertz CT molecular complexity index is 1090. The van der Waals surface area contributed by atoms with Crippen LogP contribution in [0, 0.1) is 11.8 Å². The van der Waals surface area contributed by atoms with Crippen LogP contribution in [0.4, 0.5) is 0 Å². The molecule has 1 aromatic carbocycles. The van der Waals surface area contributed by atoms with E-state index in [9.17, 15) is 24.0 Å². The average Bonchev–Trinajstić information content (AvgIpc) is 2.96. The first kappa shape index (κ1) is 32.8. The van der Waals surface area contributed by atoms with Crippen molar-refractivity contribution in [2.75, 3.05) is 53.0 Å². The number of hydrogen-bond donors (Lipinski definition) is 3. The van der Waals surface area contributed by atoms with Gasteiger partial charge in [-0.1, -0.05) is 26.0 Å². The van der Waals surface area contributed by atoms with Gasteiger partial charge in [0.2, 0.25) is 23.6 Å². The molecule has 3 aliphatic rings. The second-order valence-electron chi connectivity index (χ2n) is 11.5. The Balaban J connectivity index is 1.83. The van der Waals surface area contributed by atoms with E-state index in [1.54, 1.807) is 29.2 Å². The molecule has 3 heterocycles. The summed E-state index contributed by atoms with van der Waals surface area (Å²) in [6.07, 6.45) is 2.13. The summed E-state index contributed by atoms with van der Waals surface area (Å²) in [6.45, 7) is 6.80. The molecule has 0 radical (unpaired) electrons. The molecular weight excluding hydrogens is 542 g/mol. The van der Waals surface area contributed by atoms with Gasteiger partial charge in [0.05, 0.1) is 13.2 Å². The van der Waals surface area contributed by atoms with Gasteiger partial charge in [-0.2, -0.15) is 0 Å². The van der Waals surface area contributed by atoms with Gasteiger partial charge in [-0.05, 0) is 48.8 Å². The SMILES string of the molecule is COCCN1CC(=O)N[C@@H](C(=O)N2CCC(CNC(C)=O)CC2)Cc2ccc(cc2)OCC(=O)N[C@@H](CC(C)C)C1=O. The first-order chi connectivity index (χ1) is 20.0. The molecule has 2 bridgehead atoms. The highest BCUT2D eigenvalue weighted by molar-refractivity contribution is 5.93. The van der Waals surface area contributed by atoms with E-state index in [2.05, 4.69) is 16.0 Å². The summed E-state index contributed by atoms with van der Waals surface area (Å²) in [5, 5.41) is 8.50. The fourth-order valence-corrected chi connectivity index (χ4v) is 5.20. The van der Waals surface area contributed by atoms with Crippen molar-refractivity contribution in [2.24, 2.45) is 11.8 Å². The van der Waals surface area contributed by atoms with Crippen LogP contribution in [0.3, 0.4) is 0 Å². The maximum absolute atomic E-state index is 13.7. The van der Waals surface area contributed by atoms with E-state index < -0.39 is 29.8 Å². The number of fused-ring (bicyclic) bond motifs is 13. The quantitative estimate of drug-likeness (QED) is 0.375. The van der Waals surface area contributed by atoms with Gasteiger partial charge in [-0.3, -0.25) is 24.0 Å². The molecule has 12 heteroatoms. The van der Waals surface area contributed by atoms with E-state index in [0.717, 1.165) is 18.4 Å². The van der Waals surface area contributed by atoms with Crippen LogP contribution in [0.1, 0.15) is 45.6 Å². The number of benzene rings is 1. The standard InChI is InChI=1S/C30H45N5O7/c1-20(2)15-25-30(40)35(13-14-41-4)18-27(37)32-26(16-22-5-7-24(8-6-22)42-19-28(38)33-25)29(39)34-11-9-23(10-12-34)17-31-21(3)36/h5-8,20,23,25-26H,9-19H2,1-4H3,(H,31,36)(H,32,37)(H,33,38)/t25-,26+/m0/s1. The number of hydrogen-bond acceptors (Lipinski definition) is 7. The summed E-state index contributed by atoms with van der Waals surface area (Å²) in [5.41, 5.74) is 0.808. The normalized spacial score (nSPS) is 21.1. The Hall–Kier alpha value is -3.67. The van der Waals surface area contributed by atoms with Crippen LogP contribution in [-0.2, 0) is 35.1 Å². The second kappa shape index (κ2) is 16.1. The smallest absolute Gasteiger partial charge is 0.258 e. The molecule has 0 unspecified atom stereocenters. The number of piperidine rings is 1. The zero-order valence-electron chi connectivity index (χ0n) is 25.1. The maximum atomic E-state index is 13.7. The molecule has 0 saturated carbocycles. The first-order valence-corrected chi connectivity index (χ1v) is 14.7. The summed E-state index contributed by atoms with van der Waals surface area (Å²) >= 11 is 0. The van der Waals surface area contributed by atoms with Gasteiger partial charge in [0, 0.05) is 46.6 Å². The second-order valence-corrected chi connectivity index (χ2v) is 11.5. The number of methoxy groups -OCH3 is 1. The third-order valence-electron chi connectivity index (χ3n) is 7.48.